The molecule has 1 heterocycles. The molecule has 0 aliphatic heterocycles. The lowest BCUT2D eigenvalue weighted by Gasteiger charge is -2.08. The second kappa shape index (κ2) is 2.97. The number of allylic oxidation sites excluding steroid dienone is 2. The Balaban J connectivity index is 2.21. The summed E-state index contributed by atoms with van der Waals surface area (Å²) >= 11 is 0. The van der Waals surface area contributed by atoms with Crippen LogP contribution in [-0.2, 0) is 4.79 Å². The van der Waals surface area contributed by atoms with Gasteiger partial charge in [0, 0.05) is 12.8 Å². The van der Waals surface area contributed by atoms with E-state index in [0.717, 1.165) is 12.2 Å². The summed E-state index contributed by atoms with van der Waals surface area (Å²) in [7, 11) is 0. The van der Waals surface area contributed by atoms with Gasteiger partial charge in [0.15, 0.2) is 0 Å². The number of hydrogen-bond donors (Lipinski definition) is 0. The summed E-state index contributed by atoms with van der Waals surface area (Å²) in [4.78, 5) is 10.9. The number of hydrogen-bond acceptors (Lipinski definition) is 2. The predicted octanol–water partition coefficient (Wildman–Crippen LogP) is 2.42. The number of rotatable bonds is 1. The number of carbonyl (C=O) groups is 1. The van der Waals surface area contributed by atoms with E-state index >= 15 is 0 Å². The third kappa shape index (κ3) is 1.33. The van der Waals surface area contributed by atoms with Crippen LogP contribution in [0.15, 0.2) is 28.9 Å². The fourth-order valence-electron chi connectivity index (χ4n) is 1.40. The maximum Gasteiger partial charge on any atom is 0.137 e. The molecular formula is C10H10O2. The summed E-state index contributed by atoms with van der Waals surface area (Å²) in [6.07, 6.45) is 5.67. The molecule has 0 fully saturated rings. The van der Waals surface area contributed by atoms with Gasteiger partial charge in [-0.1, -0.05) is 6.08 Å². The van der Waals surface area contributed by atoms with Crippen molar-refractivity contribution < 1.29 is 9.21 Å². The van der Waals surface area contributed by atoms with Crippen molar-refractivity contribution in [3.8, 4) is 0 Å². The molecule has 62 valence electrons. The second-order valence-corrected chi connectivity index (χ2v) is 2.95. The van der Waals surface area contributed by atoms with Crippen LogP contribution in [-0.4, -0.2) is 5.78 Å². The molecule has 0 bridgehead atoms. The van der Waals surface area contributed by atoms with E-state index in [1.54, 1.807) is 6.26 Å². The molecule has 1 aromatic rings. The van der Waals surface area contributed by atoms with Crippen LogP contribution in [0, 0.1) is 0 Å². The van der Waals surface area contributed by atoms with Crippen molar-refractivity contribution in [2.75, 3.05) is 0 Å². The van der Waals surface area contributed by atoms with Crippen LogP contribution in [0.25, 0.3) is 5.57 Å². The number of furan rings is 1. The normalized spacial score (nSPS) is 17.7. The van der Waals surface area contributed by atoms with Crippen LogP contribution in [0.5, 0.6) is 0 Å². The molecule has 0 atom stereocenters. The van der Waals surface area contributed by atoms with Gasteiger partial charge in [-0.15, -0.1) is 0 Å². The molecule has 0 aromatic carbocycles. The molecule has 0 spiro atoms. The van der Waals surface area contributed by atoms with Crippen LogP contribution < -0.4 is 0 Å². The Morgan fingerprint density at radius 3 is 2.83 bits per heavy atom. The SMILES string of the molecule is O=C1CC=C(c2ccco2)CC1. The second-order valence-electron chi connectivity index (χ2n) is 2.95. The lowest BCUT2D eigenvalue weighted by atomic mass is 9.97. The maximum atomic E-state index is 10.9. The van der Waals surface area contributed by atoms with Crippen molar-refractivity contribution >= 4 is 11.4 Å². The quantitative estimate of drug-likeness (QED) is 0.634. The van der Waals surface area contributed by atoms with E-state index in [1.165, 1.54) is 5.57 Å². The van der Waals surface area contributed by atoms with E-state index in [-0.39, 0.29) is 0 Å². The Kier molecular flexibility index (Phi) is 1.82. The van der Waals surface area contributed by atoms with Gasteiger partial charge >= 0.3 is 0 Å². The van der Waals surface area contributed by atoms with Crippen LogP contribution in [0.2, 0.25) is 0 Å². The highest BCUT2D eigenvalue weighted by molar-refractivity contribution is 5.86. The third-order valence-electron chi connectivity index (χ3n) is 2.09. The molecule has 0 N–H and O–H groups in total. The molecule has 1 aromatic heterocycles. The molecular weight excluding hydrogens is 152 g/mol. The Hall–Kier alpha value is -1.31. The summed E-state index contributed by atoms with van der Waals surface area (Å²) in [5.74, 6) is 1.23. The van der Waals surface area contributed by atoms with E-state index in [0.29, 0.717) is 18.6 Å². The number of ketones is 1. The van der Waals surface area contributed by atoms with Gasteiger partial charge < -0.3 is 4.42 Å². The van der Waals surface area contributed by atoms with E-state index in [9.17, 15) is 4.79 Å². The Morgan fingerprint density at radius 1 is 1.33 bits per heavy atom. The van der Waals surface area contributed by atoms with Gasteiger partial charge in [0.05, 0.1) is 6.26 Å². The lowest BCUT2D eigenvalue weighted by molar-refractivity contribution is -0.118. The average molecular weight is 162 g/mol. The molecule has 12 heavy (non-hydrogen) atoms. The van der Waals surface area contributed by atoms with Gasteiger partial charge in [-0.2, -0.15) is 0 Å². The molecule has 2 heteroatoms. The zero-order chi connectivity index (χ0) is 8.39. The van der Waals surface area contributed by atoms with Crippen molar-refractivity contribution in [2.45, 2.75) is 19.3 Å². The highest BCUT2D eigenvalue weighted by Gasteiger charge is 2.12. The minimum Gasteiger partial charge on any atom is -0.465 e. The van der Waals surface area contributed by atoms with Gasteiger partial charge in [0.1, 0.15) is 11.5 Å². The van der Waals surface area contributed by atoms with E-state index < -0.39 is 0 Å². The molecule has 0 radical (unpaired) electrons. The fourth-order valence-corrected chi connectivity index (χ4v) is 1.40. The van der Waals surface area contributed by atoms with Gasteiger partial charge in [-0.25, -0.2) is 0 Å². The fraction of sp³-hybridized carbons (Fsp3) is 0.300. The topological polar surface area (TPSA) is 30.2 Å². The van der Waals surface area contributed by atoms with Crippen molar-refractivity contribution in [3.05, 3.63) is 30.2 Å². The Morgan fingerprint density at radius 2 is 2.25 bits per heavy atom. The van der Waals surface area contributed by atoms with Crippen LogP contribution in [0.1, 0.15) is 25.0 Å². The first-order chi connectivity index (χ1) is 5.86. The highest BCUT2D eigenvalue weighted by Crippen LogP contribution is 2.24. The Labute approximate surface area is 70.9 Å². The summed E-state index contributed by atoms with van der Waals surface area (Å²) in [5.41, 5.74) is 1.17. The zero-order valence-electron chi connectivity index (χ0n) is 6.75. The van der Waals surface area contributed by atoms with Gasteiger partial charge in [-0.3, -0.25) is 4.79 Å². The van der Waals surface area contributed by atoms with Crippen molar-refractivity contribution in [1.82, 2.24) is 0 Å². The third-order valence-corrected chi connectivity index (χ3v) is 2.09. The summed E-state index contributed by atoms with van der Waals surface area (Å²) in [5, 5.41) is 0. The van der Waals surface area contributed by atoms with Crippen LogP contribution >= 0.6 is 0 Å². The lowest BCUT2D eigenvalue weighted by Crippen LogP contribution is -2.02. The summed E-state index contributed by atoms with van der Waals surface area (Å²) in [6, 6.07) is 3.80. The summed E-state index contributed by atoms with van der Waals surface area (Å²) in [6.45, 7) is 0. The van der Waals surface area contributed by atoms with E-state index in [4.69, 9.17) is 4.42 Å². The van der Waals surface area contributed by atoms with Gasteiger partial charge in [-0.05, 0) is 24.1 Å². The van der Waals surface area contributed by atoms with Crippen LogP contribution in [0.4, 0.5) is 0 Å². The van der Waals surface area contributed by atoms with Gasteiger partial charge in [0.2, 0.25) is 0 Å². The number of carbonyl (C=O) groups excluding carboxylic acids is 1. The molecule has 0 saturated heterocycles. The molecule has 0 saturated carbocycles. The minimum absolute atomic E-state index is 0.324. The van der Waals surface area contributed by atoms with Crippen molar-refractivity contribution in [2.24, 2.45) is 0 Å². The molecule has 0 amide bonds. The molecule has 2 rings (SSSR count). The molecule has 1 aliphatic carbocycles. The van der Waals surface area contributed by atoms with Crippen LogP contribution in [0.3, 0.4) is 0 Å². The van der Waals surface area contributed by atoms with Gasteiger partial charge in [0.25, 0.3) is 0 Å². The largest absolute Gasteiger partial charge is 0.465 e. The standard InChI is InChI=1S/C10H10O2/c11-9-5-3-8(4-6-9)10-2-1-7-12-10/h1-3,7H,4-6H2. The van der Waals surface area contributed by atoms with E-state index in [2.05, 4.69) is 0 Å². The maximum absolute atomic E-state index is 10.9. The first-order valence-electron chi connectivity index (χ1n) is 4.11. The summed E-state index contributed by atoms with van der Waals surface area (Å²) < 4.78 is 5.23. The predicted molar refractivity (Wildman–Crippen MR) is 45.5 cm³/mol. The highest BCUT2D eigenvalue weighted by atomic mass is 16.3. The molecule has 2 nitrogen and oxygen atoms in total. The Bertz CT molecular complexity index is 307. The average Bonchev–Trinajstić information content (AvgIpc) is 2.58. The smallest absolute Gasteiger partial charge is 0.137 e. The first kappa shape index (κ1) is 7.35. The molecule has 1 aliphatic rings. The zero-order valence-corrected chi connectivity index (χ0v) is 6.75. The molecule has 0 unspecified atom stereocenters. The minimum atomic E-state index is 0.324. The van der Waals surface area contributed by atoms with E-state index in [1.807, 2.05) is 18.2 Å². The monoisotopic (exact) mass is 162 g/mol. The number of Topliss-reactive ketones (excluding diaryl/α,β-unsaturated/α-hetero) is 1. The van der Waals surface area contributed by atoms with Crippen molar-refractivity contribution in [3.63, 3.8) is 0 Å². The van der Waals surface area contributed by atoms with Crippen molar-refractivity contribution in [1.29, 1.82) is 0 Å². The first-order valence-corrected chi connectivity index (χ1v) is 4.11.